The van der Waals surface area contributed by atoms with Crippen LogP contribution in [0.2, 0.25) is 0 Å². The normalized spacial score (nSPS) is 12.8. The molecule has 1 rings (SSSR count). The van der Waals surface area contributed by atoms with E-state index in [4.69, 9.17) is 4.74 Å². The number of amides is 1. The number of ether oxygens (including phenoxy) is 1. The lowest BCUT2D eigenvalue weighted by Crippen LogP contribution is -2.42. The monoisotopic (exact) mass is 325 g/mol. The summed E-state index contributed by atoms with van der Waals surface area (Å²) in [5.41, 5.74) is 1.17. The molecule has 1 atom stereocenters. The molecule has 130 valence electrons. The van der Waals surface area contributed by atoms with Crippen LogP contribution < -0.4 is 10.6 Å². The standard InChI is InChI=1S/C16H27N3O4/c1-10(19-15(22)23-16(3,4)5)6-17-8-13-12(9-20)7-18-11(2)14(13)21/h7,10,17,20-21H,6,8-9H2,1-5H3,(H,19,22). The second-order valence-electron chi connectivity index (χ2n) is 6.53. The third kappa shape index (κ3) is 6.42. The largest absolute Gasteiger partial charge is 0.506 e. The summed E-state index contributed by atoms with van der Waals surface area (Å²) in [7, 11) is 0. The van der Waals surface area contributed by atoms with Gasteiger partial charge < -0.3 is 25.6 Å². The molecule has 0 aliphatic rings. The van der Waals surface area contributed by atoms with E-state index in [9.17, 15) is 15.0 Å². The highest BCUT2D eigenvalue weighted by Crippen LogP contribution is 2.23. The van der Waals surface area contributed by atoms with Gasteiger partial charge in [0.1, 0.15) is 11.4 Å². The van der Waals surface area contributed by atoms with Gasteiger partial charge in [0.2, 0.25) is 0 Å². The highest BCUT2D eigenvalue weighted by Gasteiger charge is 2.17. The molecule has 7 nitrogen and oxygen atoms in total. The van der Waals surface area contributed by atoms with Crippen LogP contribution >= 0.6 is 0 Å². The Kier molecular flexibility index (Phi) is 6.78. The predicted octanol–water partition coefficient (Wildman–Crippen LogP) is 1.59. The van der Waals surface area contributed by atoms with Gasteiger partial charge in [-0.25, -0.2) is 4.79 Å². The van der Waals surface area contributed by atoms with Crippen LogP contribution in [0.15, 0.2) is 6.20 Å². The van der Waals surface area contributed by atoms with Crippen LogP contribution in [-0.4, -0.2) is 39.5 Å². The molecule has 0 saturated heterocycles. The van der Waals surface area contributed by atoms with Crippen molar-refractivity contribution in [2.24, 2.45) is 0 Å². The van der Waals surface area contributed by atoms with Gasteiger partial charge in [0.05, 0.1) is 12.3 Å². The molecule has 1 aromatic heterocycles. The molecule has 0 aliphatic heterocycles. The van der Waals surface area contributed by atoms with Crippen LogP contribution in [0.3, 0.4) is 0 Å². The fourth-order valence-electron chi connectivity index (χ4n) is 1.99. The molecule has 0 aliphatic carbocycles. The fourth-order valence-corrected chi connectivity index (χ4v) is 1.99. The number of rotatable bonds is 6. The van der Waals surface area contributed by atoms with Gasteiger partial charge in [0.15, 0.2) is 0 Å². The predicted molar refractivity (Wildman–Crippen MR) is 87.1 cm³/mol. The summed E-state index contributed by atoms with van der Waals surface area (Å²) < 4.78 is 5.19. The third-order valence-corrected chi connectivity index (χ3v) is 3.12. The summed E-state index contributed by atoms with van der Waals surface area (Å²) in [6.07, 6.45) is 1.08. The summed E-state index contributed by atoms with van der Waals surface area (Å²) in [6, 6.07) is -0.146. The van der Waals surface area contributed by atoms with E-state index in [1.807, 2.05) is 6.92 Å². The van der Waals surface area contributed by atoms with Crippen molar-refractivity contribution < 1.29 is 19.7 Å². The average Bonchev–Trinajstić information content (AvgIpc) is 2.41. The maximum Gasteiger partial charge on any atom is 0.407 e. The summed E-state index contributed by atoms with van der Waals surface area (Å²) in [4.78, 5) is 15.7. The van der Waals surface area contributed by atoms with Crippen LogP contribution in [-0.2, 0) is 17.9 Å². The average molecular weight is 325 g/mol. The minimum atomic E-state index is -0.534. The number of alkyl carbamates (subject to hydrolysis) is 1. The number of hydrogen-bond donors (Lipinski definition) is 4. The minimum Gasteiger partial charge on any atom is -0.506 e. The zero-order chi connectivity index (χ0) is 17.6. The number of aliphatic hydroxyl groups is 1. The van der Waals surface area contributed by atoms with E-state index in [1.54, 1.807) is 33.9 Å². The second kappa shape index (κ2) is 8.12. The number of aliphatic hydroxyl groups excluding tert-OH is 1. The molecule has 1 aromatic rings. The number of carbonyl (C=O) groups excluding carboxylic acids is 1. The van der Waals surface area contributed by atoms with Crippen molar-refractivity contribution in [1.82, 2.24) is 15.6 Å². The summed E-state index contributed by atoms with van der Waals surface area (Å²) in [6.45, 7) is 9.63. The lowest BCUT2D eigenvalue weighted by Gasteiger charge is -2.22. The number of hydrogen-bond acceptors (Lipinski definition) is 6. The Hall–Kier alpha value is -1.86. The van der Waals surface area contributed by atoms with Crippen molar-refractivity contribution in [2.75, 3.05) is 6.54 Å². The summed E-state index contributed by atoms with van der Waals surface area (Å²) in [5.74, 6) is 0.0804. The first-order valence-electron chi connectivity index (χ1n) is 7.61. The fraction of sp³-hybridized carbons (Fsp3) is 0.625. The van der Waals surface area contributed by atoms with Gasteiger partial charge in [-0.05, 0) is 34.6 Å². The lowest BCUT2D eigenvalue weighted by molar-refractivity contribution is 0.0508. The number of aromatic hydroxyl groups is 1. The van der Waals surface area contributed by atoms with Crippen LogP contribution in [0, 0.1) is 6.92 Å². The van der Waals surface area contributed by atoms with Crippen LogP contribution in [0.5, 0.6) is 5.75 Å². The molecule has 0 saturated carbocycles. The SMILES string of the molecule is Cc1ncc(CO)c(CNCC(C)NC(=O)OC(C)(C)C)c1O. The van der Waals surface area contributed by atoms with Crippen LogP contribution in [0.4, 0.5) is 4.79 Å². The van der Waals surface area contributed by atoms with E-state index in [0.29, 0.717) is 29.9 Å². The molecule has 0 spiro atoms. The van der Waals surface area contributed by atoms with Crippen LogP contribution in [0.25, 0.3) is 0 Å². The molecule has 23 heavy (non-hydrogen) atoms. The van der Waals surface area contributed by atoms with E-state index in [2.05, 4.69) is 15.6 Å². The Balaban J connectivity index is 2.51. The first-order chi connectivity index (χ1) is 10.6. The van der Waals surface area contributed by atoms with E-state index in [1.165, 1.54) is 0 Å². The van der Waals surface area contributed by atoms with Gasteiger partial charge in [-0.15, -0.1) is 0 Å². The van der Waals surface area contributed by atoms with Crippen molar-refractivity contribution in [3.8, 4) is 5.75 Å². The summed E-state index contributed by atoms with van der Waals surface area (Å²) in [5, 5.41) is 25.2. The van der Waals surface area contributed by atoms with Gasteiger partial charge in [-0.3, -0.25) is 4.98 Å². The molecule has 7 heteroatoms. The molecule has 0 bridgehead atoms. The van der Waals surface area contributed by atoms with Crippen molar-refractivity contribution in [2.45, 2.75) is 59.4 Å². The Labute approximate surface area is 137 Å². The maximum absolute atomic E-state index is 11.7. The number of carbonyl (C=O) groups is 1. The van der Waals surface area contributed by atoms with E-state index < -0.39 is 11.7 Å². The Morgan fingerprint density at radius 1 is 1.43 bits per heavy atom. The topological polar surface area (TPSA) is 104 Å². The number of nitrogens with zero attached hydrogens (tertiary/aromatic N) is 1. The number of aryl methyl sites for hydroxylation is 1. The Morgan fingerprint density at radius 3 is 2.65 bits per heavy atom. The molecule has 0 fully saturated rings. The van der Waals surface area contributed by atoms with E-state index in [-0.39, 0.29) is 18.4 Å². The molecule has 1 amide bonds. The molecule has 1 unspecified atom stereocenters. The lowest BCUT2D eigenvalue weighted by atomic mass is 10.1. The van der Waals surface area contributed by atoms with Crippen molar-refractivity contribution in [3.05, 3.63) is 23.0 Å². The number of nitrogens with one attached hydrogen (secondary N) is 2. The Bertz CT molecular complexity index is 541. The zero-order valence-electron chi connectivity index (χ0n) is 14.4. The first kappa shape index (κ1) is 19.2. The van der Waals surface area contributed by atoms with E-state index in [0.717, 1.165) is 0 Å². The number of pyridine rings is 1. The molecule has 0 radical (unpaired) electrons. The highest BCUT2D eigenvalue weighted by molar-refractivity contribution is 5.68. The van der Waals surface area contributed by atoms with Gasteiger partial charge >= 0.3 is 6.09 Å². The minimum absolute atomic E-state index is 0.0804. The van der Waals surface area contributed by atoms with Gasteiger partial charge in [0, 0.05) is 36.5 Å². The quantitative estimate of drug-likeness (QED) is 0.633. The van der Waals surface area contributed by atoms with Crippen molar-refractivity contribution in [1.29, 1.82) is 0 Å². The highest BCUT2D eigenvalue weighted by atomic mass is 16.6. The smallest absolute Gasteiger partial charge is 0.407 e. The first-order valence-corrected chi connectivity index (χ1v) is 7.61. The third-order valence-electron chi connectivity index (χ3n) is 3.12. The van der Waals surface area contributed by atoms with Gasteiger partial charge in [-0.2, -0.15) is 0 Å². The molecule has 1 heterocycles. The summed E-state index contributed by atoms with van der Waals surface area (Å²) >= 11 is 0. The molecule has 4 N–H and O–H groups in total. The van der Waals surface area contributed by atoms with Crippen molar-refractivity contribution >= 4 is 6.09 Å². The van der Waals surface area contributed by atoms with Crippen molar-refractivity contribution in [3.63, 3.8) is 0 Å². The van der Waals surface area contributed by atoms with E-state index >= 15 is 0 Å². The van der Waals surface area contributed by atoms with Gasteiger partial charge in [0.25, 0.3) is 0 Å². The molecular weight excluding hydrogens is 298 g/mol. The number of aromatic nitrogens is 1. The Morgan fingerprint density at radius 2 is 2.09 bits per heavy atom. The van der Waals surface area contributed by atoms with Crippen LogP contribution in [0.1, 0.15) is 44.5 Å². The zero-order valence-corrected chi connectivity index (χ0v) is 14.4. The van der Waals surface area contributed by atoms with Gasteiger partial charge in [-0.1, -0.05) is 0 Å². The molecular formula is C16H27N3O4. The molecule has 0 aromatic carbocycles. The maximum atomic E-state index is 11.7. The second-order valence-corrected chi connectivity index (χ2v) is 6.53.